The van der Waals surface area contributed by atoms with Gasteiger partial charge >= 0.3 is 5.97 Å². The van der Waals surface area contributed by atoms with Crippen molar-refractivity contribution in [3.8, 4) is 11.5 Å². The van der Waals surface area contributed by atoms with E-state index in [1.807, 2.05) is 0 Å². The number of aromatic hydroxyl groups is 1. The summed E-state index contributed by atoms with van der Waals surface area (Å²) >= 11 is 0. The molecule has 0 aromatic heterocycles. The number of carbonyl (C=O) groups is 2. The Morgan fingerprint density at radius 2 is 2.11 bits per heavy atom. The van der Waals surface area contributed by atoms with Crippen molar-refractivity contribution in [1.29, 1.82) is 0 Å². The van der Waals surface area contributed by atoms with Gasteiger partial charge in [0, 0.05) is 6.07 Å². The lowest BCUT2D eigenvalue weighted by Crippen LogP contribution is -2.42. The molecule has 0 heterocycles. The molecule has 0 bridgehead atoms. The first-order valence-electron chi connectivity index (χ1n) is 5.93. The lowest BCUT2D eigenvalue weighted by Gasteiger charge is -2.14. The summed E-state index contributed by atoms with van der Waals surface area (Å²) < 4.78 is 4.91. The van der Waals surface area contributed by atoms with Gasteiger partial charge in [0.05, 0.1) is 12.7 Å². The predicted octanol–water partition coefficient (Wildman–Crippen LogP) is 0.994. The second-order valence-corrected chi connectivity index (χ2v) is 4.51. The molecule has 0 aliphatic heterocycles. The van der Waals surface area contributed by atoms with Crippen LogP contribution in [0.25, 0.3) is 0 Å². The smallest absolute Gasteiger partial charge is 0.326 e. The van der Waals surface area contributed by atoms with Gasteiger partial charge in [-0.1, -0.05) is 0 Å². The molecule has 2 rings (SSSR count). The molecule has 0 saturated heterocycles. The molecular weight excluding hydrogens is 250 g/mol. The zero-order valence-corrected chi connectivity index (χ0v) is 10.4. The van der Waals surface area contributed by atoms with Gasteiger partial charge in [-0.2, -0.15) is 0 Å². The topological polar surface area (TPSA) is 95.9 Å². The van der Waals surface area contributed by atoms with Gasteiger partial charge in [-0.25, -0.2) is 4.79 Å². The molecule has 1 atom stereocenters. The van der Waals surface area contributed by atoms with Crippen LogP contribution in [0.15, 0.2) is 18.2 Å². The standard InChI is InChI=1S/C13H15NO5/c1-19-8-4-5-9(10(15)6-8)12(16)14-11(13(17)18)7-2-3-7/h4-7,11,15H,2-3H2,1H3,(H,14,16)(H,17,18). The third-order valence-electron chi connectivity index (χ3n) is 3.10. The van der Waals surface area contributed by atoms with E-state index >= 15 is 0 Å². The third kappa shape index (κ3) is 2.96. The van der Waals surface area contributed by atoms with E-state index < -0.39 is 17.9 Å². The fraction of sp³-hybridized carbons (Fsp3) is 0.385. The van der Waals surface area contributed by atoms with Crippen LogP contribution in [0.4, 0.5) is 0 Å². The van der Waals surface area contributed by atoms with Crippen LogP contribution < -0.4 is 10.1 Å². The summed E-state index contributed by atoms with van der Waals surface area (Å²) in [6, 6.07) is 3.34. The van der Waals surface area contributed by atoms with Crippen molar-refractivity contribution < 1.29 is 24.5 Å². The Bertz CT molecular complexity index is 510. The van der Waals surface area contributed by atoms with E-state index in [0.717, 1.165) is 12.8 Å². The minimum atomic E-state index is -1.05. The number of ether oxygens (including phenoxy) is 1. The van der Waals surface area contributed by atoms with Crippen LogP contribution in [0.1, 0.15) is 23.2 Å². The monoisotopic (exact) mass is 265 g/mol. The Hall–Kier alpha value is -2.24. The molecule has 1 aromatic carbocycles. The number of amides is 1. The third-order valence-corrected chi connectivity index (χ3v) is 3.10. The quantitative estimate of drug-likeness (QED) is 0.738. The minimum absolute atomic E-state index is 0.0122. The lowest BCUT2D eigenvalue weighted by atomic mass is 10.1. The van der Waals surface area contributed by atoms with Gasteiger partial charge in [-0.3, -0.25) is 4.79 Å². The lowest BCUT2D eigenvalue weighted by molar-refractivity contribution is -0.139. The van der Waals surface area contributed by atoms with E-state index in [-0.39, 0.29) is 17.2 Å². The molecule has 6 nitrogen and oxygen atoms in total. The normalized spacial score (nSPS) is 15.6. The highest BCUT2D eigenvalue weighted by molar-refractivity contribution is 5.99. The number of benzene rings is 1. The van der Waals surface area contributed by atoms with Crippen molar-refractivity contribution in [2.45, 2.75) is 18.9 Å². The summed E-state index contributed by atoms with van der Waals surface area (Å²) in [4.78, 5) is 23.0. The van der Waals surface area contributed by atoms with Crippen LogP contribution in [0.3, 0.4) is 0 Å². The van der Waals surface area contributed by atoms with Gasteiger partial charge in [0.15, 0.2) is 0 Å². The zero-order valence-electron chi connectivity index (χ0n) is 10.4. The maximum absolute atomic E-state index is 11.9. The van der Waals surface area contributed by atoms with E-state index in [0.29, 0.717) is 5.75 Å². The number of phenols is 1. The van der Waals surface area contributed by atoms with Gasteiger partial charge in [-0.15, -0.1) is 0 Å². The van der Waals surface area contributed by atoms with Gasteiger partial charge in [-0.05, 0) is 30.9 Å². The SMILES string of the molecule is COc1ccc(C(=O)NC(C(=O)O)C2CC2)c(O)c1. The number of carboxylic acids is 1. The van der Waals surface area contributed by atoms with Crippen molar-refractivity contribution in [1.82, 2.24) is 5.32 Å². The number of carboxylic acid groups (broad SMARTS) is 1. The maximum Gasteiger partial charge on any atom is 0.326 e. The second kappa shape index (κ2) is 5.17. The molecule has 1 aliphatic carbocycles. The summed E-state index contributed by atoms with van der Waals surface area (Å²) in [5.74, 6) is -1.48. The highest BCUT2D eigenvalue weighted by atomic mass is 16.5. The number of hydrogen-bond donors (Lipinski definition) is 3. The molecule has 1 amide bonds. The molecule has 19 heavy (non-hydrogen) atoms. The Morgan fingerprint density at radius 1 is 1.42 bits per heavy atom. The molecule has 1 aliphatic rings. The second-order valence-electron chi connectivity index (χ2n) is 4.51. The van der Waals surface area contributed by atoms with Gasteiger partial charge in [0.1, 0.15) is 17.5 Å². The Labute approximate surface area is 110 Å². The number of phenolic OH excluding ortho intramolecular Hbond substituents is 1. The summed E-state index contributed by atoms with van der Waals surface area (Å²) in [5.41, 5.74) is 0.0349. The van der Waals surface area contributed by atoms with E-state index in [2.05, 4.69) is 5.32 Å². The van der Waals surface area contributed by atoms with Crippen molar-refractivity contribution in [3.63, 3.8) is 0 Å². The highest BCUT2D eigenvalue weighted by Crippen LogP contribution is 2.33. The molecular formula is C13H15NO5. The van der Waals surface area contributed by atoms with E-state index in [4.69, 9.17) is 9.84 Å². The summed E-state index contributed by atoms with van der Waals surface area (Å²) in [6.45, 7) is 0. The number of carbonyl (C=O) groups excluding carboxylic acids is 1. The van der Waals surface area contributed by atoms with Crippen molar-refractivity contribution >= 4 is 11.9 Å². The maximum atomic E-state index is 11.9. The summed E-state index contributed by atoms with van der Waals surface area (Å²) in [7, 11) is 1.45. The average Bonchev–Trinajstić information content (AvgIpc) is 3.19. The Balaban J connectivity index is 2.12. The van der Waals surface area contributed by atoms with E-state index in [9.17, 15) is 14.7 Å². The van der Waals surface area contributed by atoms with Crippen LogP contribution in [0.5, 0.6) is 11.5 Å². The van der Waals surface area contributed by atoms with Gasteiger partial charge in [0.2, 0.25) is 0 Å². The van der Waals surface area contributed by atoms with Gasteiger partial charge in [0.25, 0.3) is 5.91 Å². The fourth-order valence-electron chi connectivity index (χ4n) is 1.86. The molecule has 0 radical (unpaired) electrons. The number of aliphatic carboxylic acids is 1. The van der Waals surface area contributed by atoms with Crippen LogP contribution in [0.2, 0.25) is 0 Å². The van der Waals surface area contributed by atoms with Crippen molar-refractivity contribution in [3.05, 3.63) is 23.8 Å². The highest BCUT2D eigenvalue weighted by Gasteiger charge is 2.37. The minimum Gasteiger partial charge on any atom is -0.507 e. The molecule has 6 heteroatoms. The first-order chi connectivity index (χ1) is 9.02. The van der Waals surface area contributed by atoms with Crippen LogP contribution >= 0.6 is 0 Å². The Kier molecular flexibility index (Phi) is 3.59. The molecule has 102 valence electrons. The Morgan fingerprint density at radius 3 is 2.58 bits per heavy atom. The van der Waals surface area contributed by atoms with Crippen LogP contribution in [0, 0.1) is 5.92 Å². The zero-order chi connectivity index (χ0) is 14.0. The van der Waals surface area contributed by atoms with Gasteiger partial charge < -0.3 is 20.3 Å². The number of methoxy groups -OCH3 is 1. The van der Waals surface area contributed by atoms with E-state index in [1.54, 1.807) is 0 Å². The van der Waals surface area contributed by atoms with Crippen LogP contribution in [-0.2, 0) is 4.79 Å². The molecule has 1 aromatic rings. The molecule has 1 unspecified atom stereocenters. The van der Waals surface area contributed by atoms with Crippen molar-refractivity contribution in [2.75, 3.05) is 7.11 Å². The molecule has 3 N–H and O–H groups in total. The molecule has 1 saturated carbocycles. The summed E-state index contributed by atoms with van der Waals surface area (Å²) in [6.07, 6.45) is 1.59. The first kappa shape index (κ1) is 13.2. The number of rotatable bonds is 5. The molecule has 0 spiro atoms. The number of nitrogens with one attached hydrogen (secondary N) is 1. The van der Waals surface area contributed by atoms with Crippen LogP contribution in [-0.4, -0.2) is 35.2 Å². The first-order valence-corrected chi connectivity index (χ1v) is 5.93. The molecule has 1 fully saturated rings. The fourth-order valence-corrected chi connectivity index (χ4v) is 1.86. The summed E-state index contributed by atoms with van der Waals surface area (Å²) in [5, 5.41) is 21.2. The number of hydrogen-bond acceptors (Lipinski definition) is 4. The van der Waals surface area contributed by atoms with E-state index in [1.165, 1.54) is 25.3 Å². The predicted molar refractivity (Wildman–Crippen MR) is 66.3 cm³/mol. The average molecular weight is 265 g/mol. The van der Waals surface area contributed by atoms with Crippen molar-refractivity contribution in [2.24, 2.45) is 5.92 Å². The largest absolute Gasteiger partial charge is 0.507 e.